The first-order valence-corrected chi connectivity index (χ1v) is 8.34. The van der Waals surface area contributed by atoms with Crippen molar-refractivity contribution >= 4 is 0 Å². The smallest absolute Gasteiger partial charge is 0.0752 e. The molecule has 1 saturated heterocycles. The molecule has 2 rings (SSSR count). The Labute approximate surface area is 128 Å². The molecular formula is C17H30N2O2. The van der Waals surface area contributed by atoms with E-state index in [1.807, 2.05) is 0 Å². The molecule has 1 aliphatic heterocycles. The topological polar surface area (TPSA) is 47.3 Å². The average molecular weight is 294 g/mol. The van der Waals surface area contributed by atoms with Crippen LogP contribution < -0.4 is 0 Å². The van der Waals surface area contributed by atoms with E-state index in [0.717, 1.165) is 25.0 Å². The van der Waals surface area contributed by atoms with Gasteiger partial charge in [-0.05, 0) is 32.3 Å². The van der Waals surface area contributed by atoms with Crippen LogP contribution in [-0.2, 0) is 11.2 Å². The number of hydrogen-bond donors (Lipinski definition) is 1. The molecule has 0 aromatic carbocycles. The van der Waals surface area contributed by atoms with E-state index in [1.54, 1.807) is 0 Å². The Morgan fingerprint density at radius 1 is 1.38 bits per heavy atom. The highest BCUT2D eigenvalue weighted by Crippen LogP contribution is 2.36. The Hall–Kier alpha value is -0.870. The number of hydrogen-bond acceptors (Lipinski definition) is 3. The zero-order valence-corrected chi connectivity index (χ0v) is 13.9. The summed E-state index contributed by atoms with van der Waals surface area (Å²) in [6.45, 7) is 9.23. The molecule has 21 heavy (non-hydrogen) atoms. The quantitative estimate of drug-likeness (QED) is 0.873. The molecule has 1 aromatic heterocycles. The van der Waals surface area contributed by atoms with Gasteiger partial charge in [-0.25, -0.2) is 0 Å². The lowest BCUT2D eigenvalue weighted by atomic mass is 9.79. The van der Waals surface area contributed by atoms with E-state index in [9.17, 15) is 5.11 Å². The van der Waals surface area contributed by atoms with E-state index in [2.05, 4.69) is 49.7 Å². The standard InChI is InChI=1S/C17H30N2O2/c1-5-15(6-2)19-10-8-14(18-19)12-17(20)9-11-21-16(4,7-3)13-17/h8,10,15,20H,5-7,9,11-13H2,1-4H3. The van der Waals surface area contributed by atoms with Crippen molar-refractivity contribution in [2.24, 2.45) is 0 Å². The molecule has 0 spiro atoms. The molecular weight excluding hydrogens is 264 g/mol. The van der Waals surface area contributed by atoms with Crippen molar-refractivity contribution in [3.05, 3.63) is 18.0 Å². The normalized spacial score (nSPS) is 30.0. The molecule has 0 saturated carbocycles. The van der Waals surface area contributed by atoms with Gasteiger partial charge in [0.1, 0.15) is 0 Å². The van der Waals surface area contributed by atoms with Crippen LogP contribution in [0.3, 0.4) is 0 Å². The van der Waals surface area contributed by atoms with E-state index in [-0.39, 0.29) is 5.60 Å². The highest BCUT2D eigenvalue weighted by atomic mass is 16.5. The van der Waals surface area contributed by atoms with Crippen molar-refractivity contribution in [3.8, 4) is 0 Å². The third kappa shape index (κ3) is 3.86. The molecule has 0 amide bonds. The van der Waals surface area contributed by atoms with Gasteiger partial charge in [-0.15, -0.1) is 0 Å². The van der Waals surface area contributed by atoms with Crippen molar-refractivity contribution < 1.29 is 9.84 Å². The van der Waals surface area contributed by atoms with Gasteiger partial charge < -0.3 is 9.84 Å². The van der Waals surface area contributed by atoms with Crippen LogP contribution >= 0.6 is 0 Å². The van der Waals surface area contributed by atoms with Crippen LogP contribution in [-0.4, -0.2) is 32.7 Å². The van der Waals surface area contributed by atoms with Gasteiger partial charge in [0, 0.05) is 25.5 Å². The fraction of sp³-hybridized carbons (Fsp3) is 0.824. The molecule has 1 N–H and O–H groups in total. The predicted molar refractivity (Wildman–Crippen MR) is 84.4 cm³/mol. The second-order valence-corrected chi connectivity index (χ2v) is 6.74. The summed E-state index contributed by atoms with van der Waals surface area (Å²) in [5, 5.41) is 15.6. The number of aliphatic hydroxyl groups is 1. The first kappa shape index (κ1) is 16.5. The maximum absolute atomic E-state index is 10.9. The fourth-order valence-corrected chi connectivity index (χ4v) is 3.38. The largest absolute Gasteiger partial charge is 0.389 e. The second-order valence-electron chi connectivity index (χ2n) is 6.74. The van der Waals surface area contributed by atoms with E-state index >= 15 is 0 Å². The van der Waals surface area contributed by atoms with Crippen LogP contribution in [0.15, 0.2) is 12.3 Å². The van der Waals surface area contributed by atoms with E-state index < -0.39 is 5.60 Å². The van der Waals surface area contributed by atoms with E-state index in [0.29, 0.717) is 31.9 Å². The average Bonchev–Trinajstić information content (AvgIpc) is 2.87. The first-order chi connectivity index (χ1) is 9.93. The van der Waals surface area contributed by atoms with E-state index in [1.165, 1.54) is 0 Å². The summed E-state index contributed by atoms with van der Waals surface area (Å²) in [4.78, 5) is 0. The molecule has 2 atom stereocenters. The van der Waals surface area contributed by atoms with Gasteiger partial charge >= 0.3 is 0 Å². The second kappa shape index (κ2) is 6.49. The Balaban J connectivity index is 2.07. The fourth-order valence-electron chi connectivity index (χ4n) is 3.38. The highest BCUT2D eigenvalue weighted by molar-refractivity contribution is 5.07. The number of rotatable bonds is 6. The van der Waals surface area contributed by atoms with Crippen molar-refractivity contribution in [1.29, 1.82) is 0 Å². The van der Waals surface area contributed by atoms with Gasteiger partial charge in [-0.3, -0.25) is 4.68 Å². The molecule has 2 heterocycles. The third-order valence-electron chi connectivity index (χ3n) is 4.96. The molecule has 1 aromatic rings. The van der Waals surface area contributed by atoms with Crippen LogP contribution in [0, 0.1) is 0 Å². The Morgan fingerprint density at radius 2 is 2.10 bits per heavy atom. The number of nitrogens with zero attached hydrogens (tertiary/aromatic N) is 2. The molecule has 120 valence electrons. The zero-order chi connectivity index (χ0) is 15.5. The summed E-state index contributed by atoms with van der Waals surface area (Å²) in [6, 6.07) is 2.51. The van der Waals surface area contributed by atoms with Crippen LogP contribution in [0.5, 0.6) is 0 Å². The van der Waals surface area contributed by atoms with Gasteiger partial charge in [0.2, 0.25) is 0 Å². The number of aromatic nitrogens is 2. The number of ether oxygens (including phenoxy) is 1. The van der Waals surface area contributed by atoms with Crippen LogP contribution in [0.1, 0.15) is 71.5 Å². The van der Waals surface area contributed by atoms with Crippen molar-refractivity contribution in [1.82, 2.24) is 9.78 Å². The maximum atomic E-state index is 10.9. The van der Waals surface area contributed by atoms with Gasteiger partial charge in [-0.1, -0.05) is 20.8 Å². The predicted octanol–water partition coefficient (Wildman–Crippen LogP) is 3.50. The molecule has 4 heteroatoms. The van der Waals surface area contributed by atoms with Crippen molar-refractivity contribution in [3.63, 3.8) is 0 Å². The summed E-state index contributed by atoms with van der Waals surface area (Å²) in [7, 11) is 0. The first-order valence-electron chi connectivity index (χ1n) is 8.34. The monoisotopic (exact) mass is 294 g/mol. The molecule has 1 aliphatic rings. The molecule has 2 unspecified atom stereocenters. The minimum atomic E-state index is -0.684. The lowest BCUT2D eigenvalue weighted by Gasteiger charge is -2.43. The highest BCUT2D eigenvalue weighted by Gasteiger charge is 2.41. The lowest BCUT2D eigenvalue weighted by Crippen LogP contribution is -2.48. The molecule has 0 aliphatic carbocycles. The van der Waals surface area contributed by atoms with Crippen LogP contribution in [0.2, 0.25) is 0 Å². The minimum absolute atomic E-state index is 0.203. The zero-order valence-electron chi connectivity index (χ0n) is 13.9. The van der Waals surface area contributed by atoms with Crippen molar-refractivity contribution in [2.45, 2.75) is 83.5 Å². The summed E-state index contributed by atoms with van der Waals surface area (Å²) in [5.41, 5.74) is 0.103. The van der Waals surface area contributed by atoms with Crippen LogP contribution in [0.25, 0.3) is 0 Å². The Bertz CT molecular complexity index is 455. The van der Waals surface area contributed by atoms with Gasteiger partial charge in [0.05, 0.1) is 29.5 Å². The molecule has 4 nitrogen and oxygen atoms in total. The van der Waals surface area contributed by atoms with Gasteiger partial charge in [-0.2, -0.15) is 5.10 Å². The maximum Gasteiger partial charge on any atom is 0.0752 e. The van der Waals surface area contributed by atoms with Crippen LogP contribution in [0.4, 0.5) is 0 Å². The summed E-state index contributed by atoms with van der Waals surface area (Å²) < 4.78 is 7.89. The Morgan fingerprint density at radius 3 is 2.71 bits per heavy atom. The van der Waals surface area contributed by atoms with E-state index in [4.69, 9.17) is 4.74 Å². The summed E-state index contributed by atoms with van der Waals surface area (Å²) in [5.74, 6) is 0. The summed E-state index contributed by atoms with van der Waals surface area (Å²) >= 11 is 0. The van der Waals surface area contributed by atoms with Gasteiger partial charge in [0.15, 0.2) is 0 Å². The minimum Gasteiger partial charge on any atom is -0.389 e. The molecule has 1 fully saturated rings. The molecule has 0 radical (unpaired) electrons. The summed E-state index contributed by atoms with van der Waals surface area (Å²) in [6.07, 6.45) is 7.16. The SMILES string of the molecule is CCC(CC)n1ccc(CC2(O)CCOC(C)(CC)C2)n1. The Kier molecular flexibility index (Phi) is 5.10. The molecule has 0 bridgehead atoms. The third-order valence-corrected chi connectivity index (χ3v) is 4.96. The van der Waals surface area contributed by atoms with Crippen molar-refractivity contribution in [2.75, 3.05) is 6.61 Å². The van der Waals surface area contributed by atoms with Gasteiger partial charge in [0.25, 0.3) is 0 Å². The lowest BCUT2D eigenvalue weighted by molar-refractivity contribution is -0.153.